The Kier molecular flexibility index (Phi) is 5.34. The third-order valence-corrected chi connectivity index (χ3v) is 5.63. The minimum Gasteiger partial charge on any atom is -0.494 e. The molecule has 152 valence electrons. The first kappa shape index (κ1) is 19.2. The van der Waals surface area contributed by atoms with Crippen molar-refractivity contribution in [3.63, 3.8) is 0 Å². The van der Waals surface area contributed by atoms with Crippen molar-refractivity contribution in [1.29, 1.82) is 0 Å². The number of methoxy groups -OCH3 is 1. The molecular weight excluding hydrogens is 366 g/mol. The predicted octanol–water partition coefficient (Wildman–Crippen LogP) is 5.12. The first-order valence-electron chi connectivity index (χ1n) is 10.1. The Bertz CT molecular complexity index is 1020. The number of fused-ring (bicyclic) bond motifs is 1. The lowest BCUT2D eigenvalue weighted by Gasteiger charge is -2.30. The van der Waals surface area contributed by atoms with Crippen LogP contribution in [0, 0.1) is 0 Å². The number of amides is 1. The van der Waals surface area contributed by atoms with Crippen LogP contribution in [-0.2, 0) is 11.2 Å². The third kappa shape index (κ3) is 3.75. The normalized spacial score (nSPS) is 13.9. The highest BCUT2D eigenvalue weighted by Gasteiger charge is 2.26. The van der Waals surface area contributed by atoms with Crippen LogP contribution >= 0.6 is 0 Å². The Hall–Kier alpha value is -3.15. The van der Waals surface area contributed by atoms with Gasteiger partial charge in [0.2, 0.25) is 0 Å². The molecule has 1 fully saturated rings. The number of aromatic nitrogens is 1. The molecule has 6 heteroatoms. The second-order valence-corrected chi connectivity index (χ2v) is 7.42. The number of nitrogens with two attached hydrogens (primary N) is 1. The molecule has 1 saturated carbocycles. The maximum atomic E-state index is 11.4. The Labute approximate surface area is 170 Å². The van der Waals surface area contributed by atoms with Crippen molar-refractivity contribution < 1.29 is 14.3 Å². The molecule has 4 rings (SSSR count). The number of ether oxygens (including phenoxy) is 2. The van der Waals surface area contributed by atoms with Crippen molar-refractivity contribution in [1.82, 2.24) is 4.57 Å². The average Bonchev–Trinajstić information content (AvgIpc) is 2.94. The van der Waals surface area contributed by atoms with Crippen LogP contribution < -0.4 is 15.8 Å². The minimum atomic E-state index is -0.475. The van der Waals surface area contributed by atoms with Gasteiger partial charge in [-0.1, -0.05) is 12.1 Å². The zero-order valence-corrected chi connectivity index (χ0v) is 16.9. The van der Waals surface area contributed by atoms with Gasteiger partial charge < -0.3 is 19.8 Å². The summed E-state index contributed by atoms with van der Waals surface area (Å²) in [5, 5.41) is 3.76. The SMILES string of the molecule is CCOc1ccc2c(N)c(Cc3ccc(NC(=O)OC)cc3)n(C3CCC3)c2c1. The van der Waals surface area contributed by atoms with E-state index in [9.17, 15) is 4.79 Å². The summed E-state index contributed by atoms with van der Waals surface area (Å²) in [4.78, 5) is 11.4. The predicted molar refractivity (Wildman–Crippen MR) is 116 cm³/mol. The third-order valence-electron chi connectivity index (χ3n) is 5.63. The van der Waals surface area contributed by atoms with Gasteiger partial charge in [-0.15, -0.1) is 0 Å². The van der Waals surface area contributed by atoms with Crippen LogP contribution in [0.5, 0.6) is 5.75 Å². The first-order chi connectivity index (χ1) is 14.1. The van der Waals surface area contributed by atoms with Crippen LogP contribution in [0.1, 0.15) is 43.5 Å². The second-order valence-electron chi connectivity index (χ2n) is 7.42. The number of nitrogens with one attached hydrogen (secondary N) is 1. The number of nitrogens with zero attached hydrogens (tertiary/aromatic N) is 1. The summed E-state index contributed by atoms with van der Waals surface area (Å²) in [6.07, 6.45) is 3.87. The summed E-state index contributed by atoms with van der Waals surface area (Å²) >= 11 is 0. The molecule has 0 aliphatic heterocycles. The van der Waals surface area contributed by atoms with Crippen LogP contribution in [0.3, 0.4) is 0 Å². The van der Waals surface area contributed by atoms with E-state index in [0.29, 0.717) is 18.3 Å². The van der Waals surface area contributed by atoms with Crippen LogP contribution in [0.15, 0.2) is 42.5 Å². The Morgan fingerprint density at radius 3 is 2.59 bits per heavy atom. The molecule has 2 aromatic carbocycles. The summed E-state index contributed by atoms with van der Waals surface area (Å²) in [5.74, 6) is 0.878. The van der Waals surface area contributed by atoms with E-state index >= 15 is 0 Å². The molecule has 0 spiro atoms. The summed E-state index contributed by atoms with van der Waals surface area (Å²) in [6, 6.07) is 14.4. The summed E-state index contributed by atoms with van der Waals surface area (Å²) < 4.78 is 12.8. The van der Waals surface area contributed by atoms with E-state index in [2.05, 4.69) is 26.8 Å². The molecule has 6 nitrogen and oxygen atoms in total. The minimum absolute atomic E-state index is 0.475. The van der Waals surface area contributed by atoms with E-state index in [1.54, 1.807) is 0 Å². The highest BCUT2D eigenvalue weighted by molar-refractivity contribution is 5.95. The van der Waals surface area contributed by atoms with Crippen LogP contribution in [-0.4, -0.2) is 24.4 Å². The number of carbonyl (C=O) groups excluding carboxylic acids is 1. The van der Waals surface area contributed by atoms with Gasteiger partial charge in [-0.25, -0.2) is 4.79 Å². The van der Waals surface area contributed by atoms with Crippen molar-refractivity contribution in [3.8, 4) is 5.75 Å². The number of anilines is 2. The lowest BCUT2D eigenvalue weighted by molar-refractivity contribution is 0.187. The van der Waals surface area contributed by atoms with Gasteiger partial charge in [0.1, 0.15) is 5.75 Å². The van der Waals surface area contributed by atoms with Crippen LogP contribution in [0.2, 0.25) is 0 Å². The summed E-state index contributed by atoms with van der Waals surface area (Å²) in [5.41, 5.74) is 11.6. The van der Waals surface area contributed by atoms with Crippen molar-refractivity contribution in [3.05, 3.63) is 53.7 Å². The summed E-state index contributed by atoms with van der Waals surface area (Å²) in [6.45, 7) is 2.64. The molecule has 1 amide bonds. The number of rotatable bonds is 6. The maximum Gasteiger partial charge on any atom is 0.411 e. The topological polar surface area (TPSA) is 78.5 Å². The number of carbonyl (C=O) groups is 1. The van der Waals surface area contributed by atoms with E-state index in [-0.39, 0.29) is 0 Å². The van der Waals surface area contributed by atoms with E-state index in [1.807, 2.05) is 37.3 Å². The molecule has 1 aliphatic carbocycles. The van der Waals surface area contributed by atoms with Crippen molar-refractivity contribution in [2.45, 2.75) is 38.6 Å². The van der Waals surface area contributed by atoms with E-state index in [0.717, 1.165) is 40.0 Å². The first-order valence-corrected chi connectivity index (χ1v) is 10.1. The fourth-order valence-electron chi connectivity index (χ4n) is 3.94. The zero-order valence-electron chi connectivity index (χ0n) is 16.9. The van der Waals surface area contributed by atoms with Crippen LogP contribution in [0.4, 0.5) is 16.2 Å². The van der Waals surface area contributed by atoms with Gasteiger partial charge in [-0.05, 0) is 56.0 Å². The standard InChI is InChI=1S/C23H27N3O3/c1-3-29-18-11-12-19-20(14-18)26(17-5-4-6-17)21(22(19)24)13-15-7-9-16(10-8-15)25-23(27)28-2/h7-12,14,17H,3-6,13,24H2,1-2H3,(H,25,27). The number of hydrogen-bond donors (Lipinski definition) is 2. The molecular formula is C23H27N3O3. The summed E-state index contributed by atoms with van der Waals surface area (Å²) in [7, 11) is 1.35. The quantitative estimate of drug-likeness (QED) is 0.609. The highest BCUT2D eigenvalue weighted by atomic mass is 16.5. The number of hydrogen-bond acceptors (Lipinski definition) is 4. The van der Waals surface area contributed by atoms with Crippen molar-refractivity contribution in [2.24, 2.45) is 0 Å². The van der Waals surface area contributed by atoms with Gasteiger partial charge in [0, 0.05) is 35.3 Å². The molecule has 0 atom stereocenters. The molecule has 1 aliphatic rings. The molecule has 0 radical (unpaired) electrons. The van der Waals surface area contributed by atoms with Crippen molar-refractivity contribution in [2.75, 3.05) is 24.8 Å². The second kappa shape index (κ2) is 8.07. The van der Waals surface area contributed by atoms with Gasteiger partial charge >= 0.3 is 6.09 Å². The lowest BCUT2D eigenvalue weighted by Crippen LogP contribution is -2.19. The monoisotopic (exact) mass is 393 g/mol. The van der Waals surface area contributed by atoms with E-state index in [4.69, 9.17) is 10.5 Å². The van der Waals surface area contributed by atoms with Crippen LogP contribution in [0.25, 0.3) is 10.9 Å². The van der Waals surface area contributed by atoms with Gasteiger partial charge in [0.05, 0.1) is 24.9 Å². The van der Waals surface area contributed by atoms with Gasteiger partial charge in [0.15, 0.2) is 0 Å². The average molecular weight is 393 g/mol. The molecule has 1 heterocycles. The molecule has 29 heavy (non-hydrogen) atoms. The van der Waals surface area contributed by atoms with Gasteiger partial charge in [0.25, 0.3) is 0 Å². The lowest BCUT2D eigenvalue weighted by atomic mass is 9.92. The molecule has 3 aromatic rings. The van der Waals surface area contributed by atoms with Gasteiger partial charge in [-0.2, -0.15) is 0 Å². The highest BCUT2D eigenvalue weighted by Crippen LogP contribution is 2.41. The number of benzene rings is 2. The number of nitrogen functional groups attached to an aromatic ring is 1. The smallest absolute Gasteiger partial charge is 0.411 e. The fourth-order valence-corrected chi connectivity index (χ4v) is 3.94. The van der Waals surface area contributed by atoms with Crippen molar-refractivity contribution >= 4 is 28.4 Å². The molecule has 0 unspecified atom stereocenters. The molecule has 0 bridgehead atoms. The zero-order chi connectivity index (χ0) is 20.4. The largest absolute Gasteiger partial charge is 0.494 e. The van der Waals surface area contributed by atoms with E-state index in [1.165, 1.54) is 26.4 Å². The van der Waals surface area contributed by atoms with Gasteiger partial charge in [-0.3, -0.25) is 5.32 Å². The Morgan fingerprint density at radius 1 is 1.21 bits per heavy atom. The molecule has 0 saturated heterocycles. The Morgan fingerprint density at radius 2 is 1.97 bits per heavy atom. The molecule has 3 N–H and O–H groups in total. The Balaban J connectivity index is 1.69. The fraction of sp³-hybridized carbons (Fsp3) is 0.348. The van der Waals surface area contributed by atoms with E-state index < -0.39 is 6.09 Å². The maximum absolute atomic E-state index is 11.4. The molecule has 1 aromatic heterocycles.